The molecule has 2 rings (SSSR count). The highest BCUT2D eigenvalue weighted by atomic mass is 32.1. The van der Waals surface area contributed by atoms with E-state index >= 15 is 0 Å². The van der Waals surface area contributed by atoms with Crippen molar-refractivity contribution in [2.45, 2.75) is 32.7 Å². The molecule has 3 N–H and O–H groups in total. The topological polar surface area (TPSA) is 55.1 Å². The number of amides is 1. The summed E-state index contributed by atoms with van der Waals surface area (Å²) in [5, 5.41) is 5.14. The Kier molecular flexibility index (Phi) is 4.28. The summed E-state index contributed by atoms with van der Waals surface area (Å²) in [6.45, 7) is 6.75. The zero-order valence-corrected chi connectivity index (χ0v) is 13.2. The summed E-state index contributed by atoms with van der Waals surface area (Å²) in [7, 11) is 0. The van der Waals surface area contributed by atoms with Crippen LogP contribution in [0.25, 0.3) is 9.40 Å². The molecule has 0 aliphatic heterocycles. The lowest BCUT2D eigenvalue weighted by molar-refractivity contribution is 0.0902. The molecule has 0 bridgehead atoms. The van der Waals surface area contributed by atoms with Crippen molar-refractivity contribution in [3.63, 3.8) is 0 Å². The van der Waals surface area contributed by atoms with Crippen molar-refractivity contribution < 1.29 is 4.79 Å². The third-order valence-electron chi connectivity index (χ3n) is 3.09. The summed E-state index contributed by atoms with van der Waals surface area (Å²) in [5.41, 5.74) is 5.50. The molecule has 3 nitrogen and oxygen atoms in total. The van der Waals surface area contributed by atoms with Gasteiger partial charge in [0.25, 0.3) is 5.91 Å². The highest BCUT2D eigenvalue weighted by Gasteiger charge is 2.27. The van der Waals surface area contributed by atoms with Crippen LogP contribution in [0.15, 0.2) is 17.5 Å². The summed E-state index contributed by atoms with van der Waals surface area (Å²) in [6, 6.07) is 4.02. The van der Waals surface area contributed by atoms with Gasteiger partial charge in [0, 0.05) is 15.9 Å². The maximum Gasteiger partial charge on any atom is 0.261 e. The van der Waals surface area contributed by atoms with Crippen LogP contribution in [0.2, 0.25) is 0 Å². The molecule has 2 aromatic heterocycles. The SMILES string of the molecule is CC(C)CC(C)(CN)NC(=O)c1cc2sccc2s1. The standard InChI is InChI=1S/C14H20N2OS2/c1-9(2)7-14(3,8-15)16-13(17)12-6-11-10(19-12)4-5-18-11/h4-6,9H,7-8,15H2,1-3H3,(H,16,17). The fourth-order valence-corrected chi connectivity index (χ4v) is 4.30. The van der Waals surface area contributed by atoms with Gasteiger partial charge in [0.05, 0.1) is 10.4 Å². The quantitative estimate of drug-likeness (QED) is 0.888. The van der Waals surface area contributed by atoms with Crippen molar-refractivity contribution in [1.82, 2.24) is 5.32 Å². The molecule has 19 heavy (non-hydrogen) atoms. The molecule has 2 aromatic rings. The highest BCUT2D eigenvalue weighted by molar-refractivity contribution is 7.27. The highest BCUT2D eigenvalue weighted by Crippen LogP contribution is 2.30. The van der Waals surface area contributed by atoms with Gasteiger partial charge >= 0.3 is 0 Å². The molecule has 0 fully saturated rings. The first kappa shape index (κ1) is 14.5. The van der Waals surface area contributed by atoms with Gasteiger partial charge in [-0.3, -0.25) is 4.79 Å². The van der Waals surface area contributed by atoms with Crippen LogP contribution in [0, 0.1) is 5.92 Å². The van der Waals surface area contributed by atoms with Crippen molar-refractivity contribution in [3.05, 3.63) is 22.4 Å². The fourth-order valence-electron chi connectivity index (χ4n) is 2.30. The second-order valence-corrected chi connectivity index (χ2v) is 7.61. The van der Waals surface area contributed by atoms with E-state index in [9.17, 15) is 4.79 Å². The van der Waals surface area contributed by atoms with E-state index in [1.807, 2.05) is 18.4 Å². The van der Waals surface area contributed by atoms with Crippen molar-refractivity contribution in [2.24, 2.45) is 11.7 Å². The van der Waals surface area contributed by atoms with E-state index in [-0.39, 0.29) is 11.4 Å². The van der Waals surface area contributed by atoms with Gasteiger partial charge in [-0.05, 0) is 36.8 Å². The summed E-state index contributed by atoms with van der Waals surface area (Å²) in [6.07, 6.45) is 0.884. The predicted molar refractivity (Wildman–Crippen MR) is 84.1 cm³/mol. The lowest BCUT2D eigenvalue weighted by Crippen LogP contribution is -2.52. The molecule has 0 spiro atoms. The second kappa shape index (κ2) is 5.61. The Morgan fingerprint density at radius 1 is 1.47 bits per heavy atom. The molecule has 0 saturated heterocycles. The van der Waals surface area contributed by atoms with E-state index in [1.54, 1.807) is 11.3 Å². The van der Waals surface area contributed by atoms with Gasteiger partial charge in [-0.1, -0.05) is 13.8 Å². The number of rotatable bonds is 5. The summed E-state index contributed by atoms with van der Waals surface area (Å²) in [4.78, 5) is 13.1. The van der Waals surface area contributed by atoms with Gasteiger partial charge in [-0.2, -0.15) is 0 Å². The van der Waals surface area contributed by atoms with Gasteiger partial charge in [-0.25, -0.2) is 0 Å². The van der Waals surface area contributed by atoms with E-state index in [4.69, 9.17) is 5.73 Å². The summed E-state index contributed by atoms with van der Waals surface area (Å²) in [5.74, 6) is 0.489. The van der Waals surface area contributed by atoms with Crippen molar-refractivity contribution >= 4 is 38.0 Å². The van der Waals surface area contributed by atoms with E-state index in [0.29, 0.717) is 12.5 Å². The van der Waals surface area contributed by atoms with Gasteiger partial charge < -0.3 is 11.1 Å². The Bertz CT molecular complexity index is 544. The van der Waals surface area contributed by atoms with Crippen LogP contribution < -0.4 is 11.1 Å². The van der Waals surface area contributed by atoms with E-state index in [1.165, 1.54) is 20.7 Å². The zero-order valence-electron chi connectivity index (χ0n) is 11.5. The minimum absolute atomic E-state index is 0.0120. The van der Waals surface area contributed by atoms with Crippen LogP contribution in [0.4, 0.5) is 0 Å². The number of carbonyl (C=O) groups excluding carboxylic acids is 1. The van der Waals surface area contributed by atoms with Gasteiger partial charge in [0.15, 0.2) is 0 Å². The fraction of sp³-hybridized carbons (Fsp3) is 0.500. The number of thiophene rings is 2. The molecule has 1 amide bonds. The lowest BCUT2D eigenvalue weighted by atomic mass is 9.90. The van der Waals surface area contributed by atoms with Gasteiger partial charge in [0.2, 0.25) is 0 Å². The second-order valence-electron chi connectivity index (χ2n) is 5.58. The number of fused-ring (bicyclic) bond motifs is 1. The lowest BCUT2D eigenvalue weighted by Gasteiger charge is -2.31. The Balaban J connectivity index is 2.13. The Morgan fingerprint density at radius 3 is 2.79 bits per heavy atom. The van der Waals surface area contributed by atoms with Crippen molar-refractivity contribution in [3.8, 4) is 0 Å². The molecule has 0 saturated carbocycles. The minimum Gasteiger partial charge on any atom is -0.345 e. The molecule has 1 unspecified atom stereocenters. The molecular weight excluding hydrogens is 276 g/mol. The van der Waals surface area contributed by atoms with Crippen LogP contribution in [0.5, 0.6) is 0 Å². The van der Waals surface area contributed by atoms with E-state index in [2.05, 4.69) is 25.2 Å². The zero-order chi connectivity index (χ0) is 14.0. The number of hydrogen-bond acceptors (Lipinski definition) is 4. The Morgan fingerprint density at radius 2 is 2.21 bits per heavy atom. The minimum atomic E-state index is -0.331. The maximum atomic E-state index is 12.3. The normalized spacial score (nSPS) is 14.8. The number of nitrogens with one attached hydrogen (secondary N) is 1. The monoisotopic (exact) mass is 296 g/mol. The first-order valence-corrected chi connectivity index (χ1v) is 8.13. The Hall–Kier alpha value is -0.910. The molecule has 2 heterocycles. The largest absolute Gasteiger partial charge is 0.345 e. The molecule has 0 aromatic carbocycles. The molecule has 5 heteroatoms. The van der Waals surface area contributed by atoms with Gasteiger partial charge in [-0.15, -0.1) is 22.7 Å². The number of carbonyl (C=O) groups is 1. The molecule has 1 atom stereocenters. The van der Waals surface area contributed by atoms with E-state index in [0.717, 1.165) is 11.3 Å². The van der Waals surface area contributed by atoms with E-state index < -0.39 is 0 Å². The number of nitrogens with two attached hydrogens (primary N) is 1. The Labute approximate surface area is 121 Å². The van der Waals surface area contributed by atoms with Crippen LogP contribution in [0.3, 0.4) is 0 Å². The molecular formula is C14H20N2OS2. The molecule has 0 aliphatic carbocycles. The molecule has 0 radical (unpaired) electrons. The van der Waals surface area contributed by atoms with Crippen molar-refractivity contribution in [1.29, 1.82) is 0 Å². The van der Waals surface area contributed by atoms with Crippen LogP contribution in [-0.4, -0.2) is 18.0 Å². The summed E-state index contributed by atoms with van der Waals surface area (Å²) >= 11 is 3.21. The predicted octanol–water partition coefficient (Wildman–Crippen LogP) is 3.46. The first-order valence-electron chi connectivity index (χ1n) is 6.43. The molecule has 0 aliphatic rings. The third-order valence-corrected chi connectivity index (χ3v) is 5.18. The first-order chi connectivity index (χ1) is 8.93. The van der Waals surface area contributed by atoms with Crippen molar-refractivity contribution in [2.75, 3.05) is 6.54 Å². The third kappa shape index (κ3) is 3.35. The summed E-state index contributed by atoms with van der Waals surface area (Å²) < 4.78 is 2.35. The molecule has 104 valence electrons. The maximum absolute atomic E-state index is 12.3. The average molecular weight is 296 g/mol. The smallest absolute Gasteiger partial charge is 0.261 e. The average Bonchev–Trinajstić information content (AvgIpc) is 2.87. The van der Waals surface area contributed by atoms with Crippen LogP contribution in [0.1, 0.15) is 36.9 Å². The van der Waals surface area contributed by atoms with Gasteiger partial charge in [0.1, 0.15) is 0 Å². The van der Waals surface area contributed by atoms with Crippen LogP contribution >= 0.6 is 22.7 Å². The number of hydrogen-bond donors (Lipinski definition) is 2. The van der Waals surface area contributed by atoms with Crippen LogP contribution in [-0.2, 0) is 0 Å².